The van der Waals surface area contributed by atoms with Crippen LogP contribution in [0.25, 0.3) is 0 Å². The Morgan fingerprint density at radius 2 is 1.92 bits per heavy atom. The normalized spacial score (nSPS) is 29.8. The zero-order valence-corrected chi connectivity index (χ0v) is 8.23. The van der Waals surface area contributed by atoms with Crippen molar-refractivity contribution in [3.8, 4) is 0 Å². The Morgan fingerprint density at radius 3 is 2.33 bits per heavy atom. The van der Waals surface area contributed by atoms with E-state index in [9.17, 15) is 4.79 Å². The summed E-state index contributed by atoms with van der Waals surface area (Å²) in [5, 5.41) is 2.69. The molecule has 0 aliphatic heterocycles. The van der Waals surface area contributed by atoms with Crippen LogP contribution in [-0.2, 0) is 4.79 Å². The lowest BCUT2D eigenvalue weighted by Gasteiger charge is -2.26. The minimum Gasteiger partial charge on any atom is -0.359 e. The Balaban J connectivity index is 2.30. The molecule has 4 heteroatoms. The van der Waals surface area contributed by atoms with Gasteiger partial charge in [0.25, 0.3) is 0 Å². The van der Waals surface area contributed by atoms with Gasteiger partial charge in [0, 0.05) is 19.0 Å². The summed E-state index contributed by atoms with van der Waals surface area (Å²) in [4.78, 5) is 11.2. The van der Waals surface area contributed by atoms with Gasteiger partial charge >= 0.3 is 0 Å². The second-order valence-corrected chi connectivity index (χ2v) is 3.55. The highest BCUT2D eigenvalue weighted by atomic mass is 32.1. The molecule has 1 rings (SSSR count). The molecule has 0 aromatic rings. The molecule has 0 bridgehead atoms. The first kappa shape index (κ1) is 9.86. The van der Waals surface area contributed by atoms with E-state index in [1.54, 1.807) is 7.05 Å². The molecule has 0 atom stereocenters. The topological polar surface area (TPSA) is 41.1 Å². The number of carbonyl (C=O) groups excluding carboxylic acids is 1. The maximum Gasteiger partial charge on any atom is 0.222 e. The smallest absolute Gasteiger partial charge is 0.222 e. The third-order valence-corrected chi connectivity index (χ3v) is 2.89. The molecule has 1 saturated carbocycles. The van der Waals surface area contributed by atoms with E-state index in [1.165, 1.54) is 0 Å². The van der Waals surface area contributed by atoms with Crippen molar-refractivity contribution in [3.05, 3.63) is 0 Å². The zero-order chi connectivity index (χ0) is 8.97. The van der Waals surface area contributed by atoms with Crippen LogP contribution < -0.4 is 10.0 Å². The summed E-state index contributed by atoms with van der Waals surface area (Å²) < 4.78 is 2.94. The number of nitrogens with one attached hydrogen (secondary N) is 2. The summed E-state index contributed by atoms with van der Waals surface area (Å²) in [5.41, 5.74) is 0. The van der Waals surface area contributed by atoms with Gasteiger partial charge in [-0.2, -0.15) is 0 Å². The molecule has 1 amide bonds. The van der Waals surface area contributed by atoms with Crippen molar-refractivity contribution < 1.29 is 4.79 Å². The number of amides is 1. The number of hydrogen-bond donors (Lipinski definition) is 3. The van der Waals surface area contributed by atoms with Crippen molar-refractivity contribution in [2.45, 2.75) is 31.7 Å². The van der Waals surface area contributed by atoms with Crippen LogP contribution in [0.4, 0.5) is 0 Å². The lowest BCUT2D eigenvalue weighted by Crippen LogP contribution is -2.34. The number of rotatable bonds is 2. The lowest BCUT2D eigenvalue weighted by atomic mass is 9.86. The molecule has 0 radical (unpaired) electrons. The van der Waals surface area contributed by atoms with Crippen molar-refractivity contribution in [1.82, 2.24) is 10.0 Å². The standard InChI is InChI=1S/C8H16N2OS/c1-9-8(11)6-2-4-7(10-12)5-3-6/h6-7,10,12H,2-5H2,1H3,(H,9,11). The van der Waals surface area contributed by atoms with Gasteiger partial charge in [-0.05, 0) is 25.7 Å². The van der Waals surface area contributed by atoms with Crippen molar-refractivity contribution in [2.24, 2.45) is 5.92 Å². The molecule has 70 valence electrons. The van der Waals surface area contributed by atoms with Crippen LogP contribution in [-0.4, -0.2) is 19.0 Å². The van der Waals surface area contributed by atoms with Crippen LogP contribution in [0.2, 0.25) is 0 Å². The average molecular weight is 188 g/mol. The molecule has 12 heavy (non-hydrogen) atoms. The van der Waals surface area contributed by atoms with Gasteiger partial charge in [0.2, 0.25) is 5.91 Å². The summed E-state index contributed by atoms with van der Waals surface area (Å²) in [5.74, 6) is 0.417. The summed E-state index contributed by atoms with van der Waals surface area (Å²) in [6.07, 6.45) is 4.08. The van der Waals surface area contributed by atoms with Crippen LogP contribution in [0.3, 0.4) is 0 Å². The molecule has 0 aromatic carbocycles. The van der Waals surface area contributed by atoms with Crippen LogP contribution in [0, 0.1) is 5.92 Å². The minimum atomic E-state index is 0.188. The first-order chi connectivity index (χ1) is 5.77. The van der Waals surface area contributed by atoms with Gasteiger partial charge in [-0.15, -0.1) is 0 Å². The van der Waals surface area contributed by atoms with Crippen molar-refractivity contribution in [1.29, 1.82) is 0 Å². The molecule has 3 nitrogen and oxygen atoms in total. The van der Waals surface area contributed by atoms with Gasteiger partial charge < -0.3 is 5.32 Å². The van der Waals surface area contributed by atoms with Crippen molar-refractivity contribution >= 4 is 18.7 Å². The predicted octanol–water partition coefficient (Wildman–Crippen LogP) is 0.726. The molecule has 0 unspecified atom stereocenters. The fraction of sp³-hybridized carbons (Fsp3) is 0.875. The van der Waals surface area contributed by atoms with Gasteiger partial charge in [-0.3, -0.25) is 9.52 Å². The highest BCUT2D eigenvalue weighted by Crippen LogP contribution is 2.24. The van der Waals surface area contributed by atoms with Crippen molar-refractivity contribution in [3.63, 3.8) is 0 Å². The second-order valence-electron chi connectivity index (χ2n) is 3.29. The maximum atomic E-state index is 11.2. The van der Waals surface area contributed by atoms with Crippen LogP contribution >= 0.6 is 12.8 Å². The molecule has 0 heterocycles. The van der Waals surface area contributed by atoms with Crippen molar-refractivity contribution in [2.75, 3.05) is 7.05 Å². The van der Waals surface area contributed by atoms with E-state index in [2.05, 4.69) is 22.9 Å². The van der Waals surface area contributed by atoms with E-state index in [4.69, 9.17) is 0 Å². The summed E-state index contributed by atoms with van der Waals surface area (Å²) >= 11 is 4.02. The summed E-state index contributed by atoms with van der Waals surface area (Å²) in [7, 11) is 1.70. The molecule has 2 N–H and O–H groups in total. The number of hydrogen-bond acceptors (Lipinski definition) is 3. The molecule has 0 saturated heterocycles. The van der Waals surface area contributed by atoms with Gasteiger partial charge in [0.15, 0.2) is 0 Å². The summed E-state index contributed by atoms with van der Waals surface area (Å²) in [6.45, 7) is 0. The Morgan fingerprint density at radius 1 is 1.33 bits per heavy atom. The highest BCUT2D eigenvalue weighted by molar-refractivity contribution is 7.78. The third-order valence-electron chi connectivity index (χ3n) is 2.53. The minimum absolute atomic E-state index is 0.188. The fourth-order valence-electron chi connectivity index (χ4n) is 1.69. The van der Waals surface area contributed by atoms with Gasteiger partial charge in [-0.25, -0.2) is 0 Å². The van der Waals surface area contributed by atoms with Gasteiger partial charge in [-0.1, -0.05) is 12.8 Å². The number of thiol groups is 1. The molecule has 1 fully saturated rings. The first-order valence-electron chi connectivity index (χ1n) is 4.39. The monoisotopic (exact) mass is 188 g/mol. The van der Waals surface area contributed by atoms with E-state index in [0.717, 1.165) is 25.7 Å². The van der Waals surface area contributed by atoms with E-state index in [-0.39, 0.29) is 11.8 Å². The molecule has 1 aliphatic carbocycles. The quantitative estimate of drug-likeness (QED) is 0.559. The predicted molar refractivity (Wildman–Crippen MR) is 51.9 cm³/mol. The summed E-state index contributed by atoms with van der Waals surface area (Å²) in [6, 6.07) is 0.495. The van der Waals surface area contributed by atoms with Crippen LogP contribution in [0.1, 0.15) is 25.7 Å². The lowest BCUT2D eigenvalue weighted by molar-refractivity contribution is -0.125. The molecular formula is C8H16N2OS. The largest absolute Gasteiger partial charge is 0.359 e. The second kappa shape index (κ2) is 4.72. The SMILES string of the molecule is CNC(=O)C1CCC(NS)CC1. The Kier molecular flexibility index (Phi) is 3.88. The molecule has 0 aromatic heterocycles. The van der Waals surface area contributed by atoms with Crippen LogP contribution in [0.5, 0.6) is 0 Å². The Labute approximate surface area is 78.8 Å². The van der Waals surface area contributed by atoms with Crippen LogP contribution in [0.15, 0.2) is 0 Å². The van der Waals surface area contributed by atoms with E-state index < -0.39 is 0 Å². The van der Waals surface area contributed by atoms with Gasteiger partial charge in [0.1, 0.15) is 0 Å². The molecular weight excluding hydrogens is 172 g/mol. The number of carbonyl (C=O) groups is 1. The third kappa shape index (κ3) is 2.38. The zero-order valence-electron chi connectivity index (χ0n) is 7.34. The Hall–Kier alpha value is -0.220. The van der Waals surface area contributed by atoms with E-state index in [0.29, 0.717) is 6.04 Å². The highest BCUT2D eigenvalue weighted by Gasteiger charge is 2.24. The Bertz CT molecular complexity index is 155. The maximum absolute atomic E-state index is 11.2. The van der Waals surface area contributed by atoms with E-state index in [1.807, 2.05) is 0 Å². The molecule has 1 aliphatic rings. The first-order valence-corrected chi connectivity index (χ1v) is 4.84. The van der Waals surface area contributed by atoms with Gasteiger partial charge in [0.05, 0.1) is 0 Å². The molecule has 0 spiro atoms. The van der Waals surface area contributed by atoms with E-state index >= 15 is 0 Å². The fourth-order valence-corrected chi connectivity index (χ4v) is 1.95. The average Bonchev–Trinajstić information content (AvgIpc) is 2.17.